The van der Waals surface area contributed by atoms with E-state index in [0.29, 0.717) is 23.6 Å². The highest BCUT2D eigenvalue weighted by Gasteiger charge is 2.22. The number of carbonyl (C=O) groups excluding carboxylic acids is 1. The second kappa shape index (κ2) is 9.23. The van der Waals surface area contributed by atoms with Crippen molar-refractivity contribution in [2.75, 3.05) is 18.9 Å². The summed E-state index contributed by atoms with van der Waals surface area (Å²) >= 11 is 0. The molecule has 4 rings (SSSR count). The van der Waals surface area contributed by atoms with Gasteiger partial charge in [0.15, 0.2) is 11.6 Å². The Bertz CT molecular complexity index is 1330. The summed E-state index contributed by atoms with van der Waals surface area (Å²) in [6.07, 6.45) is 4.61. The molecular weight excluding hydrogens is 426 g/mol. The maximum absolute atomic E-state index is 14.6. The van der Waals surface area contributed by atoms with Gasteiger partial charge in [-0.05, 0) is 36.8 Å². The Labute approximate surface area is 189 Å². The van der Waals surface area contributed by atoms with Crippen molar-refractivity contribution < 1.29 is 13.6 Å². The average Bonchev–Trinajstić information content (AvgIpc) is 2.84. The molecule has 1 amide bonds. The quantitative estimate of drug-likeness (QED) is 0.458. The first kappa shape index (κ1) is 22.2. The number of anilines is 1. The van der Waals surface area contributed by atoms with Crippen molar-refractivity contribution in [3.05, 3.63) is 77.5 Å². The number of halogens is 2. The van der Waals surface area contributed by atoms with Crippen LogP contribution in [0.2, 0.25) is 0 Å². The predicted molar refractivity (Wildman–Crippen MR) is 122 cm³/mol. The van der Waals surface area contributed by atoms with Crippen molar-refractivity contribution in [1.29, 1.82) is 0 Å². The van der Waals surface area contributed by atoms with Crippen LogP contribution in [0.5, 0.6) is 0 Å². The number of aryl methyl sites for hydroxylation is 1. The molecule has 2 N–H and O–H groups in total. The molecule has 1 atom stereocenters. The molecule has 0 aliphatic carbocycles. The van der Waals surface area contributed by atoms with E-state index in [9.17, 15) is 13.6 Å². The molecule has 0 bridgehead atoms. The first-order valence-corrected chi connectivity index (χ1v) is 10.4. The molecule has 168 valence electrons. The number of benzene rings is 1. The van der Waals surface area contributed by atoms with Crippen LogP contribution in [-0.2, 0) is 0 Å². The SMILES string of the molecule is CNC(=O)c1ccnc2c([C@H](C)CNc3cc(-c4ccc(C)nc4)ncn3)cc(F)c(F)c12. The highest BCUT2D eigenvalue weighted by atomic mass is 19.2. The Morgan fingerprint density at radius 3 is 2.64 bits per heavy atom. The lowest BCUT2D eigenvalue weighted by Gasteiger charge is -2.17. The molecule has 0 spiro atoms. The fourth-order valence-electron chi connectivity index (χ4n) is 3.59. The number of pyridine rings is 2. The summed E-state index contributed by atoms with van der Waals surface area (Å²) in [7, 11) is 1.43. The van der Waals surface area contributed by atoms with Crippen LogP contribution in [0.4, 0.5) is 14.6 Å². The van der Waals surface area contributed by atoms with Gasteiger partial charge in [0.25, 0.3) is 5.91 Å². The summed E-state index contributed by atoms with van der Waals surface area (Å²) < 4.78 is 29.1. The molecule has 33 heavy (non-hydrogen) atoms. The summed E-state index contributed by atoms with van der Waals surface area (Å²) in [5.41, 5.74) is 3.25. The molecule has 0 saturated carbocycles. The summed E-state index contributed by atoms with van der Waals surface area (Å²) in [5, 5.41) is 5.54. The summed E-state index contributed by atoms with van der Waals surface area (Å²) in [6, 6.07) is 8.14. The Hall–Kier alpha value is -4.01. The third-order valence-electron chi connectivity index (χ3n) is 5.40. The van der Waals surface area contributed by atoms with Crippen LogP contribution in [0.25, 0.3) is 22.2 Å². The number of hydrogen-bond acceptors (Lipinski definition) is 6. The van der Waals surface area contributed by atoms with Crippen LogP contribution < -0.4 is 10.6 Å². The topological polar surface area (TPSA) is 92.7 Å². The van der Waals surface area contributed by atoms with E-state index in [2.05, 4.69) is 30.6 Å². The van der Waals surface area contributed by atoms with Gasteiger partial charge < -0.3 is 10.6 Å². The minimum absolute atomic E-state index is 0.0352. The monoisotopic (exact) mass is 448 g/mol. The van der Waals surface area contributed by atoms with Gasteiger partial charge in [-0.2, -0.15) is 0 Å². The second-order valence-electron chi connectivity index (χ2n) is 7.68. The molecular formula is C24H22F2N6O. The van der Waals surface area contributed by atoms with E-state index in [0.717, 1.165) is 17.3 Å². The van der Waals surface area contributed by atoms with Crippen molar-refractivity contribution in [3.8, 4) is 11.3 Å². The van der Waals surface area contributed by atoms with Gasteiger partial charge in [-0.1, -0.05) is 6.92 Å². The normalized spacial score (nSPS) is 11.9. The summed E-state index contributed by atoms with van der Waals surface area (Å²) in [4.78, 5) is 29.3. The zero-order valence-corrected chi connectivity index (χ0v) is 18.4. The van der Waals surface area contributed by atoms with Crippen LogP contribution in [0.1, 0.15) is 34.5 Å². The third kappa shape index (κ3) is 4.48. The van der Waals surface area contributed by atoms with E-state index in [4.69, 9.17) is 0 Å². The van der Waals surface area contributed by atoms with Gasteiger partial charge in [-0.15, -0.1) is 0 Å². The van der Waals surface area contributed by atoms with Gasteiger partial charge in [0, 0.05) is 49.2 Å². The Morgan fingerprint density at radius 2 is 1.91 bits per heavy atom. The molecule has 3 heterocycles. The molecule has 0 saturated heterocycles. The molecule has 0 radical (unpaired) electrons. The summed E-state index contributed by atoms with van der Waals surface area (Å²) in [5.74, 6) is -2.32. The lowest BCUT2D eigenvalue weighted by atomic mass is 9.95. The minimum atomic E-state index is -1.09. The van der Waals surface area contributed by atoms with Gasteiger partial charge in [-0.25, -0.2) is 18.7 Å². The molecule has 0 unspecified atom stereocenters. The fourth-order valence-corrected chi connectivity index (χ4v) is 3.59. The fraction of sp³-hybridized carbons (Fsp3) is 0.208. The predicted octanol–water partition coefficient (Wildman–Crippen LogP) is 4.25. The van der Waals surface area contributed by atoms with Crippen molar-refractivity contribution in [1.82, 2.24) is 25.3 Å². The summed E-state index contributed by atoms with van der Waals surface area (Å²) in [6.45, 7) is 4.14. The number of hydrogen-bond donors (Lipinski definition) is 2. The van der Waals surface area contributed by atoms with Gasteiger partial charge >= 0.3 is 0 Å². The Balaban J connectivity index is 1.62. The van der Waals surface area contributed by atoms with E-state index in [1.165, 1.54) is 25.6 Å². The van der Waals surface area contributed by atoms with E-state index in [-0.39, 0.29) is 22.4 Å². The number of aromatic nitrogens is 4. The van der Waals surface area contributed by atoms with Crippen LogP contribution in [0, 0.1) is 18.6 Å². The Morgan fingerprint density at radius 1 is 1.09 bits per heavy atom. The highest BCUT2D eigenvalue weighted by Crippen LogP contribution is 2.31. The minimum Gasteiger partial charge on any atom is -0.369 e. The largest absolute Gasteiger partial charge is 0.369 e. The highest BCUT2D eigenvalue weighted by molar-refractivity contribution is 6.06. The molecule has 1 aromatic carbocycles. The zero-order chi connectivity index (χ0) is 23.5. The van der Waals surface area contributed by atoms with Crippen molar-refractivity contribution in [3.63, 3.8) is 0 Å². The van der Waals surface area contributed by atoms with Gasteiger partial charge in [0.05, 0.1) is 22.2 Å². The van der Waals surface area contributed by atoms with Crippen molar-refractivity contribution >= 4 is 22.6 Å². The number of amides is 1. The maximum atomic E-state index is 14.6. The van der Waals surface area contributed by atoms with E-state index in [1.54, 1.807) is 12.3 Å². The lowest BCUT2D eigenvalue weighted by Crippen LogP contribution is -2.19. The van der Waals surface area contributed by atoms with Gasteiger partial charge in [0.2, 0.25) is 0 Å². The zero-order valence-electron chi connectivity index (χ0n) is 18.4. The van der Waals surface area contributed by atoms with E-state index < -0.39 is 17.5 Å². The van der Waals surface area contributed by atoms with Crippen molar-refractivity contribution in [2.45, 2.75) is 19.8 Å². The molecule has 9 heteroatoms. The number of nitrogens with zero attached hydrogens (tertiary/aromatic N) is 4. The third-order valence-corrected chi connectivity index (χ3v) is 5.40. The lowest BCUT2D eigenvalue weighted by molar-refractivity contribution is 0.0964. The first-order chi connectivity index (χ1) is 15.9. The number of fused-ring (bicyclic) bond motifs is 1. The maximum Gasteiger partial charge on any atom is 0.251 e. The first-order valence-electron chi connectivity index (χ1n) is 10.4. The van der Waals surface area contributed by atoms with Gasteiger partial charge in [-0.3, -0.25) is 14.8 Å². The van der Waals surface area contributed by atoms with Crippen LogP contribution in [-0.4, -0.2) is 39.4 Å². The van der Waals surface area contributed by atoms with Gasteiger partial charge in [0.1, 0.15) is 12.1 Å². The molecule has 4 aromatic rings. The number of rotatable bonds is 6. The number of nitrogens with one attached hydrogen (secondary N) is 2. The molecule has 3 aromatic heterocycles. The second-order valence-corrected chi connectivity index (χ2v) is 7.68. The van der Waals surface area contributed by atoms with Crippen LogP contribution in [0.3, 0.4) is 0 Å². The number of carbonyl (C=O) groups is 1. The molecule has 0 fully saturated rings. The molecule has 0 aliphatic heterocycles. The van der Waals surface area contributed by atoms with Crippen molar-refractivity contribution in [2.24, 2.45) is 0 Å². The van der Waals surface area contributed by atoms with Crippen LogP contribution in [0.15, 0.2) is 49.1 Å². The standard InChI is InChI=1S/C24H22F2N6O/c1-13(10-30-20-9-19(31-12-32-20)15-5-4-14(2)29-11-15)17-8-18(25)22(26)21-16(24(33)27-3)6-7-28-23(17)21/h4-9,11-13H,10H2,1-3H3,(H,27,33)(H,30,31,32)/t13-/m1/s1. The van der Waals surface area contributed by atoms with E-state index in [1.807, 2.05) is 26.0 Å². The molecule has 7 nitrogen and oxygen atoms in total. The van der Waals surface area contributed by atoms with E-state index >= 15 is 0 Å². The van der Waals surface area contributed by atoms with Crippen LogP contribution >= 0.6 is 0 Å². The Kier molecular flexibility index (Phi) is 6.21. The molecule has 0 aliphatic rings. The smallest absolute Gasteiger partial charge is 0.251 e. The average molecular weight is 448 g/mol.